The summed E-state index contributed by atoms with van der Waals surface area (Å²) in [4.78, 5) is 12.2. The number of aliphatic carboxylic acids is 1. The van der Waals surface area contributed by atoms with Gasteiger partial charge in [0.2, 0.25) is 0 Å². The number of carbonyl (C=O) groups is 1. The molecular weight excluding hydrogens is 358 g/mol. The Morgan fingerprint density at radius 1 is 0.517 bits per heavy atom. The molecule has 4 N–H and O–H groups in total. The monoisotopic (exact) mass is 413 g/mol. The second-order valence-corrected chi connectivity index (χ2v) is 9.12. The fourth-order valence-corrected chi connectivity index (χ4v) is 4.41. The summed E-state index contributed by atoms with van der Waals surface area (Å²) in [6.07, 6.45) is 24.6. The maximum atomic E-state index is 12.2. The van der Waals surface area contributed by atoms with Crippen LogP contribution < -0.4 is 11.3 Å². The molecule has 0 radical (unpaired) electrons. The Balaban J connectivity index is 0. The highest BCUT2D eigenvalue weighted by molar-refractivity contribution is 5.72. The summed E-state index contributed by atoms with van der Waals surface area (Å²) < 4.78 is 0. The van der Waals surface area contributed by atoms with Crippen molar-refractivity contribution in [1.82, 2.24) is 6.15 Å². The fourth-order valence-electron chi connectivity index (χ4n) is 4.41. The molecule has 0 bridgehead atoms. The maximum absolute atomic E-state index is 12.2. The lowest BCUT2D eigenvalue weighted by atomic mass is 9.74. The lowest BCUT2D eigenvalue weighted by molar-refractivity contribution is -0.320. The van der Waals surface area contributed by atoms with E-state index in [-0.39, 0.29) is 6.15 Å². The van der Waals surface area contributed by atoms with Gasteiger partial charge in [-0.3, -0.25) is 0 Å². The molecule has 3 heteroatoms. The van der Waals surface area contributed by atoms with Gasteiger partial charge < -0.3 is 16.1 Å². The first kappa shape index (κ1) is 30.6. The highest BCUT2D eigenvalue weighted by Crippen LogP contribution is 2.37. The normalized spacial score (nSPS) is 11.4. The van der Waals surface area contributed by atoms with Crippen molar-refractivity contribution in [2.45, 2.75) is 156 Å². The van der Waals surface area contributed by atoms with E-state index in [2.05, 4.69) is 20.8 Å². The van der Waals surface area contributed by atoms with Gasteiger partial charge >= 0.3 is 0 Å². The predicted molar refractivity (Wildman–Crippen MR) is 127 cm³/mol. The fraction of sp³-hybridized carbons (Fsp3) is 0.962. The summed E-state index contributed by atoms with van der Waals surface area (Å²) in [5, 5.41) is 12.2. The van der Waals surface area contributed by atoms with Crippen molar-refractivity contribution in [3.8, 4) is 0 Å². The van der Waals surface area contributed by atoms with Gasteiger partial charge in [0.15, 0.2) is 0 Å². The first-order valence-corrected chi connectivity index (χ1v) is 12.8. The Morgan fingerprint density at radius 2 is 0.759 bits per heavy atom. The Morgan fingerprint density at radius 3 is 1.00 bits per heavy atom. The van der Waals surface area contributed by atoms with E-state index in [4.69, 9.17) is 0 Å². The third-order valence-electron chi connectivity index (χ3n) is 6.46. The quantitative estimate of drug-likeness (QED) is 0.181. The van der Waals surface area contributed by atoms with E-state index in [0.717, 1.165) is 38.5 Å². The molecule has 29 heavy (non-hydrogen) atoms. The number of carboxylic acids is 1. The largest absolute Gasteiger partial charge is 0.550 e. The number of carbonyl (C=O) groups excluding carboxylic acids is 1. The molecule has 0 unspecified atom stereocenters. The molecule has 0 aliphatic carbocycles. The third-order valence-corrected chi connectivity index (χ3v) is 6.46. The van der Waals surface area contributed by atoms with Gasteiger partial charge in [-0.2, -0.15) is 0 Å². The topological polar surface area (TPSA) is 76.6 Å². The maximum Gasteiger partial charge on any atom is 0.0476 e. The van der Waals surface area contributed by atoms with Crippen LogP contribution >= 0.6 is 0 Å². The Kier molecular flexibility index (Phi) is 23.4. The first-order valence-electron chi connectivity index (χ1n) is 12.8. The first-order chi connectivity index (χ1) is 13.6. The van der Waals surface area contributed by atoms with Crippen LogP contribution in [0.25, 0.3) is 0 Å². The second-order valence-electron chi connectivity index (χ2n) is 9.12. The second kappa shape index (κ2) is 22.1. The summed E-state index contributed by atoms with van der Waals surface area (Å²) in [5.41, 5.74) is -0.555. The molecule has 3 nitrogen and oxygen atoms in total. The smallest absolute Gasteiger partial charge is 0.0476 e. The minimum Gasteiger partial charge on any atom is -0.550 e. The molecule has 0 aliphatic rings. The van der Waals surface area contributed by atoms with Crippen LogP contribution in [0, 0.1) is 5.41 Å². The van der Waals surface area contributed by atoms with Gasteiger partial charge in [0.05, 0.1) is 0 Å². The van der Waals surface area contributed by atoms with Crippen molar-refractivity contribution < 1.29 is 9.90 Å². The van der Waals surface area contributed by atoms with Gasteiger partial charge in [0.25, 0.3) is 0 Å². The minimum atomic E-state index is -0.761. The Hall–Kier alpha value is -0.570. The number of hydrogen-bond acceptors (Lipinski definition) is 2. The highest BCUT2D eigenvalue weighted by atomic mass is 16.4. The Labute approximate surface area is 183 Å². The van der Waals surface area contributed by atoms with Gasteiger partial charge in [0, 0.05) is 11.4 Å². The zero-order chi connectivity index (χ0) is 20.9. The number of carboxylic acid groups (broad SMARTS) is 1. The van der Waals surface area contributed by atoms with Gasteiger partial charge in [-0.05, 0) is 19.3 Å². The molecular formula is C26H55NO2. The van der Waals surface area contributed by atoms with Crippen LogP contribution in [0.15, 0.2) is 0 Å². The summed E-state index contributed by atoms with van der Waals surface area (Å²) >= 11 is 0. The van der Waals surface area contributed by atoms with E-state index >= 15 is 0 Å². The molecule has 176 valence electrons. The zero-order valence-electron chi connectivity index (χ0n) is 20.7. The van der Waals surface area contributed by atoms with Crippen LogP contribution in [-0.4, -0.2) is 5.97 Å². The van der Waals surface area contributed by atoms with Crippen molar-refractivity contribution in [2.24, 2.45) is 5.41 Å². The zero-order valence-corrected chi connectivity index (χ0v) is 20.7. The Bertz CT molecular complexity index is 303. The summed E-state index contributed by atoms with van der Waals surface area (Å²) in [6.45, 7) is 6.71. The van der Waals surface area contributed by atoms with Crippen molar-refractivity contribution in [2.75, 3.05) is 0 Å². The van der Waals surface area contributed by atoms with Crippen LogP contribution in [-0.2, 0) is 4.79 Å². The molecule has 0 saturated heterocycles. The average molecular weight is 414 g/mol. The third kappa shape index (κ3) is 16.9. The van der Waals surface area contributed by atoms with Gasteiger partial charge in [-0.1, -0.05) is 136 Å². The lowest BCUT2D eigenvalue weighted by Crippen LogP contribution is -2.42. The molecule has 0 heterocycles. The van der Waals surface area contributed by atoms with E-state index in [1.165, 1.54) is 96.3 Å². The van der Waals surface area contributed by atoms with Crippen molar-refractivity contribution in [1.29, 1.82) is 0 Å². The van der Waals surface area contributed by atoms with Crippen LogP contribution in [0.1, 0.15) is 156 Å². The molecule has 0 saturated carbocycles. The van der Waals surface area contributed by atoms with Crippen LogP contribution in [0.3, 0.4) is 0 Å². The van der Waals surface area contributed by atoms with E-state index < -0.39 is 11.4 Å². The molecule has 0 spiro atoms. The predicted octanol–water partition coefficient (Wildman–Crippen LogP) is 8.35. The van der Waals surface area contributed by atoms with E-state index in [9.17, 15) is 9.90 Å². The van der Waals surface area contributed by atoms with Crippen molar-refractivity contribution in [3.05, 3.63) is 0 Å². The molecule has 0 fully saturated rings. The van der Waals surface area contributed by atoms with Gasteiger partial charge in [-0.15, -0.1) is 0 Å². The molecule has 0 aromatic carbocycles. The highest BCUT2D eigenvalue weighted by Gasteiger charge is 2.30. The van der Waals surface area contributed by atoms with Gasteiger partial charge in [-0.25, -0.2) is 0 Å². The number of unbranched alkanes of at least 4 members (excludes halogenated alkanes) is 15. The lowest BCUT2D eigenvalue weighted by Gasteiger charge is -2.35. The van der Waals surface area contributed by atoms with Crippen LogP contribution in [0.2, 0.25) is 0 Å². The molecule has 0 aliphatic heterocycles. The van der Waals surface area contributed by atoms with E-state index in [0.29, 0.717) is 0 Å². The molecule has 0 aromatic rings. The average Bonchev–Trinajstić information content (AvgIpc) is 2.69. The van der Waals surface area contributed by atoms with Crippen molar-refractivity contribution in [3.63, 3.8) is 0 Å². The van der Waals surface area contributed by atoms with E-state index in [1.807, 2.05) is 0 Å². The number of rotatable bonds is 22. The molecule has 0 amide bonds. The van der Waals surface area contributed by atoms with E-state index in [1.54, 1.807) is 0 Å². The molecule has 0 atom stereocenters. The van der Waals surface area contributed by atoms with Crippen LogP contribution in [0.5, 0.6) is 0 Å². The summed E-state index contributed by atoms with van der Waals surface area (Å²) in [7, 11) is 0. The molecule has 0 rings (SSSR count). The number of hydrogen-bond donors (Lipinski definition) is 1. The SMILES string of the molecule is CCCCCCCCC(CCCCCCCC)(CCCCCCCC)C(=O)[O-].[NH4+]. The van der Waals surface area contributed by atoms with Crippen LogP contribution in [0.4, 0.5) is 0 Å². The minimum absolute atomic E-state index is 0. The summed E-state index contributed by atoms with van der Waals surface area (Å²) in [6, 6.07) is 0. The molecule has 0 aromatic heterocycles. The number of quaternary nitrogens is 1. The van der Waals surface area contributed by atoms with Crippen molar-refractivity contribution >= 4 is 5.97 Å². The van der Waals surface area contributed by atoms with Gasteiger partial charge in [0.1, 0.15) is 0 Å². The summed E-state index contributed by atoms with van der Waals surface area (Å²) in [5.74, 6) is -0.761. The standard InChI is InChI=1S/C26H52O2.H3N/c1-4-7-10-13-16-19-22-26(25(27)28,23-20-17-14-11-8-5-2)24-21-18-15-12-9-6-3;/h4-24H2,1-3H3,(H,27,28);1H3.